The second-order valence-electron chi connectivity index (χ2n) is 5.34. The van der Waals surface area contributed by atoms with Crippen molar-refractivity contribution in [1.29, 1.82) is 0 Å². The monoisotopic (exact) mass is 244 g/mol. The Morgan fingerprint density at radius 3 is 2.18 bits per heavy atom. The van der Waals surface area contributed by atoms with Crippen LogP contribution in [0, 0.1) is 5.41 Å². The quantitative estimate of drug-likeness (QED) is 0.734. The fraction of sp³-hybridized carbons (Fsp3) is 0.833. The molecule has 0 heterocycles. The Hall–Kier alpha value is -1.10. The van der Waals surface area contributed by atoms with Crippen molar-refractivity contribution in [3.05, 3.63) is 0 Å². The van der Waals surface area contributed by atoms with Crippen LogP contribution in [0.4, 0.5) is 0 Å². The summed E-state index contributed by atoms with van der Waals surface area (Å²) in [4.78, 5) is 24.9. The molecule has 0 spiro atoms. The molecule has 0 unspecified atom stereocenters. The van der Waals surface area contributed by atoms with Gasteiger partial charge < -0.3 is 15.3 Å². The number of nitrogens with zero attached hydrogens (tertiary/aromatic N) is 1. The van der Waals surface area contributed by atoms with E-state index in [0.717, 1.165) is 0 Å². The highest BCUT2D eigenvalue weighted by Crippen LogP contribution is 2.12. The molecule has 100 valence electrons. The van der Waals surface area contributed by atoms with E-state index in [4.69, 9.17) is 5.11 Å². The van der Waals surface area contributed by atoms with Gasteiger partial charge in [0.2, 0.25) is 11.8 Å². The molecule has 2 amide bonds. The van der Waals surface area contributed by atoms with Crippen molar-refractivity contribution in [2.24, 2.45) is 5.41 Å². The summed E-state index contributed by atoms with van der Waals surface area (Å²) in [6.07, 6.45) is 0. The van der Waals surface area contributed by atoms with Crippen LogP contribution < -0.4 is 5.32 Å². The van der Waals surface area contributed by atoms with Crippen molar-refractivity contribution in [2.75, 3.05) is 19.7 Å². The maximum Gasteiger partial charge on any atom is 0.242 e. The number of nitrogens with one attached hydrogen (secondary N) is 1. The van der Waals surface area contributed by atoms with Crippen molar-refractivity contribution in [1.82, 2.24) is 10.2 Å². The number of rotatable bonds is 5. The van der Waals surface area contributed by atoms with Crippen LogP contribution in [-0.2, 0) is 9.59 Å². The van der Waals surface area contributed by atoms with Crippen molar-refractivity contribution in [2.45, 2.75) is 40.7 Å². The Morgan fingerprint density at radius 1 is 1.29 bits per heavy atom. The van der Waals surface area contributed by atoms with E-state index in [9.17, 15) is 9.59 Å². The molecule has 0 saturated carbocycles. The van der Waals surface area contributed by atoms with Gasteiger partial charge in [0.15, 0.2) is 0 Å². The summed E-state index contributed by atoms with van der Waals surface area (Å²) in [5.74, 6) is -0.329. The average Bonchev–Trinajstić information content (AvgIpc) is 2.20. The van der Waals surface area contributed by atoms with Crippen LogP contribution >= 0.6 is 0 Å². The van der Waals surface area contributed by atoms with Gasteiger partial charge in [-0.3, -0.25) is 9.59 Å². The van der Waals surface area contributed by atoms with E-state index in [0.29, 0.717) is 6.54 Å². The molecule has 2 N–H and O–H groups in total. The van der Waals surface area contributed by atoms with Crippen LogP contribution in [0.15, 0.2) is 0 Å². The third-order valence-corrected chi connectivity index (χ3v) is 2.37. The van der Waals surface area contributed by atoms with Crippen LogP contribution in [0.25, 0.3) is 0 Å². The molecule has 0 aromatic carbocycles. The summed E-state index contributed by atoms with van der Waals surface area (Å²) < 4.78 is 0. The summed E-state index contributed by atoms with van der Waals surface area (Å²) >= 11 is 0. The maximum atomic E-state index is 11.8. The summed E-state index contributed by atoms with van der Waals surface area (Å²) in [6, 6.07) is 0.0150. The molecule has 0 bridgehead atoms. The van der Waals surface area contributed by atoms with E-state index in [-0.39, 0.29) is 31.0 Å². The predicted octanol–water partition coefficient (Wildman–Crippen LogP) is 0.378. The Labute approximate surface area is 103 Å². The van der Waals surface area contributed by atoms with Crippen molar-refractivity contribution < 1.29 is 14.7 Å². The molecular weight excluding hydrogens is 220 g/mol. The van der Waals surface area contributed by atoms with Crippen molar-refractivity contribution in [3.8, 4) is 0 Å². The van der Waals surface area contributed by atoms with Gasteiger partial charge in [-0.1, -0.05) is 20.8 Å². The third kappa shape index (κ3) is 5.68. The van der Waals surface area contributed by atoms with Gasteiger partial charge in [0.25, 0.3) is 0 Å². The van der Waals surface area contributed by atoms with Gasteiger partial charge in [0, 0.05) is 18.0 Å². The highest BCUT2D eigenvalue weighted by Gasteiger charge is 2.23. The minimum Gasteiger partial charge on any atom is -0.395 e. The van der Waals surface area contributed by atoms with Crippen molar-refractivity contribution in [3.63, 3.8) is 0 Å². The fourth-order valence-corrected chi connectivity index (χ4v) is 1.30. The molecular formula is C12H24N2O3. The average molecular weight is 244 g/mol. The van der Waals surface area contributed by atoms with Gasteiger partial charge in [-0.15, -0.1) is 0 Å². The second-order valence-corrected chi connectivity index (χ2v) is 5.34. The van der Waals surface area contributed by atoms with Crippen LogP contribution in [0.3, 0.4) is 0 Å². The van der Waals surface area contributed by atoms with E-state index in [1.165, 1.54) is 0 Å². The SMILES string of the molecule is CC(C)N(CCO)C(=O)CNC(=O)C(C)(C)C. The van der Waals surface area contributed by atoms with Crippen LogP contribution in [0.1, 0.15) is 34.6 Å². The first-order valence-electron chi connectivity index (χ1n) is 5.88. The van der Waals surface area contributed by atoms with E-state index < -0.39 is 5.41 Å². The minimum absolute atomic E-state index is 0.0150. The van der Waals surface area contributed by atoms with Gasteiger partial charge in [0.1, 0.15) is 0 Å². The third-order valence-electron chi connectivity index (χ3n) is 2.37. The van der Waals surface area contributed by atoms with Gasteiger partial charge in [-0.05, 0) is 13.8 Å². The Morgan fingerprint density at radius 2 is 1.82 bits per heavy atom. The molecule has 0 saturated heterocycles. The predicted molar refractivity (Wildman–Crippen MR) is 66.4 cm³/mol. The Bertz CT molecular complexity index is 269. The molecule has 0 aromatic heterocycles. The molecule has 5 nitrogen and oxygen atoms in total. The molecule has 0 radical (unpaired) electrons. The number of aliphatic hydroxyl groups excluding tert-OH is 1. The second kappa shape index (κ2) is 6.59. The highest BCUT2D eigenvalue weighted by molar-refractivity contribution is 5.87. The standard InChI is InChI=1S/C12H24N2O3/c1-9(2)14(6-7-15)10(16)8-13-11(17)12(3,4)5/h9,15H,6-8H2,1-5H3,(H,13,17). The first kappa shape index (κ1) is 15.9. The van der Waals surface area contributed by atoms with Crippen LogP contribution in [0.5, 0.6) is 0 Å². The van der Waals surface area contributed by atoms with E-state index in [2.05, 4.69) is 5.32 Å². The Balaban J connectivity index is 4.29. The lowest BCUT2D eigenvalue weighted by Crippen LogP contribution is -2.46. The molecule has 0 aliphatic rings. The number of hydrogen-bond acceptors (Lipinski definition) is 3. The lowest BCUT2D eigenvalue weighted by Gasteiger charge is -2.26. The number of hydrogen-bond donors (Lipinski definition) is 2. The fourth-order valence-electron chi connectivity index (χ4n) is 1.30. The summed E-state index contributed by atoms with van der Waals surface area (Å²) in [6.45, 7) is 9.33. The molecule has 0 aliphatic heterocycles. The molecule has 17 heavy (non-hydrogen) atoms. The zero-order valence-electron chi connectivity index (χ0n) is 11.4. The number of carbonyl (C=O) groups excluding carboxylic acids is 2. The smallest absolute Gasteiger partial charge is 0.242 e. The zero-order valence-corrected chi connectivity index (χ0v) is 11.4. The van der Waals surface area contributed by atoms with Crippen LogP contribution in [-0.4, -0.2) is 47.6 Å². The first-order chi connectivity index (χ1) is 7.70. The molecule has 0 aliphatic carbocycles. The zero-order chi connectivity index (χ0) is 13.6. The highest BCUT2D eigenvalue weighted by atomic mass is 16.3. The lowest BCUT2D eigenvalue weighted by molar-refractivity contribution is -0.136. The van der Waals surface area contributed by atoms with Crippen molar-refractivity contribution >= 4 is 11.8 Å². The first-order valence-corrected chi connectivity index (χ1v) is 5.88. The number of carbonyl (C=O) groups is 2. The molecule has 0 aromatic rings. The molecule has 0 rings (SSSR count). The van der Waals surface area contributed by atoms with E-state index in [1.54, 1.807) is 25.7 Å². The Kier molecular flexibility index (Phi) is 6.16. The van der Waals surface area contributed by atoms with E-state index in [1.807, 2.05) is 13.8 Å². The maximum absolute atomic E-state index is 11.8. The van der Waals surface area contributed by atoms with Gasteiger partial charge in [0.05, 0.1) is 13.2 Å². The van der Waals surface area contributed by atoms with Gasteiger partial charge in [-0.25, -0.2) is 0 Å². The summed E-state index contributed by atoms with van der Waals surface area (Å²) in [7, 11) is 0. The summed E-state index contributed by atoms with van der Waals surface area (Å²) in [5.41, 5.74) is -0.500. The van der Waals surface area contributed by atoms with Gasteiger partial charge in [-0.2, -0.15) is 0 Å². The topological polar surface area (TPSA) is 69.6 Å². The normalized spacial score (nSPS) is 11.5. The minimum atomic E-state index is -0.500. The lowest BCUT2D eigenvalue weighted by atomic mass is 9.96. The number of amides is 2. The molecule has 5 heteroatoms. The summed E-state index contributed by atoms with van der Waals surface area (Å²) in [5, 5.41) is 11.5. The number of aliphatic hydroxyl groups is 1. The van der Waals surface area contributed by atoms with E-state index >= 15 is 0 Å². The molecule has 0 fully saturated rings. The molecule has 0 atom stereocenters. The van der Waals surface area contributed by atoms with Gasteiger partial charge >= 0.3 is 0 Å². The largest absolute Gasteiger partial charge is 0.395 e. The van der Waals surface area contributed by atoms with Crippen LogP contribution in [0.2, 0.25) is 0 Å².